The van der Waals surface area contributed by atoms with Gasteiger partial charge in [0.1, 0.15) is 29.4 Å². The molecule has 1 aromatic carbocycles. The van der Waals surface area contributed by atoms with Crippen molar-refractivity contribution < 1.29 is 14.3 Å². The third kappa shape index (κ3) is 5.32. The lowest BCUT2D eigenvalue weighted by Gasteiger charge is -2.17. The van der Waals surface area contributed by atoms with E-state index in [0.29, 0.717) is 41.0 Å². The molecule has 0 saturated heterocycles. The smallest absolute Gasteiger partial charge is 0.260 e. The Morgan fingerprint density at radius 3 is 2.64 bits per heavy atom. The van der Waals surface area contributed by atoms with Gasteiger partial charge in [-0.15, -0.1) is 10.2 Å². The van der Waals surface area contributed by atoms with E-state index in [0.717, 1.165) is 17.5 Å². The van der Waals surface area contributed by atoms with Crippen LogP contribution in [0.4, 0.5) is 5.82 Å². The van der Waals surface area contributed by atoms with Crippen LogP contribution in [0.5, 0.6) is 5.75 Å². The third-order valence-corrected chi connectivity index (χ3v) is 6.79. The minimum absolute atomic E-state index is 0.176. The Morgan fingerprint density at radius 2 is 1.97 bits per heavy atom. The van der Waals surface area contributed by atoms with Crippen LogP contribution in [-0.4, -0.2) is 38.5 Å². The van der Waals surface area contributed by atoms with Crippen LogP contribution < -0.4 is 10.1 Å². The molecule has 1 saturated carbocycles. The Hall–Kier alpha value is -3.55. The summed E-state index contributed by atoms with van der Waals surface area (Å²) in [6.45, 7) is 12.0. The summed E-state index contributed by atoms with van der Waals surface area (Å²) < 4.78 is 7.47. The molecule has 2 heterocycles. The summed E-state index contributed by atoms with van der Waals surface area (Å²) in [5, 5.41) is 11.1. The lowest BCUT2D eigenvalue weighted by Crippen LogP contribution is -2.20. The molecule has 1 aliphatic carbocycles. The zero-order valence-corrected chi connectivity index (χ0v) is 22.1. The molecule has 8 heteroatoms. The zero-order chi connectivity index (χ0) is 26.2. The van der Waals surface area contributed by atoms with Gasteiger partial charge in [-0.25, -0.2) is 4.98 Å². The molecule has 3 aromatic rings. The van der Waals surface area contributed by atoms with Gasteiger partial charge in [-0.1, -0.05) is 26.8 Å². The van der Waals surface area contributed by atoms with Gasteiger partial charge in [0.05, 0.1) is 12.7 Å². The molecule has 2 atom stereocenters. The maximum absolute atomic E-state index is 13.3. The van der Waals surface area contributed by atoms with E-state index in [4.69, 9.17) is 4.74 Å². The van der Waals surface area contributed by atoms with E-state index in [-0.39, 0.29) is 29.1 Å². The second-order valence-electron chi connectivity index (χ2n) is 10.9. The van der Waals surface area contributed by atoms with Crippen molar-refractivity contribution in [2.75, 3.05) is 12.4 Å². The molecule has 4 rings (SSSR count). The van der Waals surface area contributed by atoms with Gasteiger partial charge in [-0.05, 0) is 74.4 Å². The summed E-state index contributed by atoms with van der Waals surface area (Å²) in [4.78, 5) is 30.5. The van der Waals surface area contributed by atoms with Crippen molar-refractivity contribution >= 4 is 17.5 Å². The molecule has 1 fully saturated rings. The van der Waals surface area contributed by atoms with Crippen LogP contribution in [0.15, 0.2) is 36.7 Å². The van der Waals surface area contributed by atoms with E-state index in [9.17, 15) is 9.59 Å². The summed E-state index contributed by atoms with van der Waals surface area (Å²) in [6.07, 6.45) is 3.20. The molecule has 0 spiro atoms. The average molecular weight is 490 g/mol. The number of amides is 1. The van der Waals surface area contributed by atoms with E-state index < -0.39 is 0 Å². The normalized spacial score (nSPS) is 17.2. The largest absolute Gasteiger partial charge is 0.496 e. The molecule has 1 N–H and O–H groups in total. The number of benzene rings is 1. The number of rotatable bonds is 8. The molecule has 36 heavy (non-hydrogen) atoms. The first-order valence-electron chi connectivity index (χ1n) is 12.4. The van der Waals surface area contributed by atoms with E-state index >= 15 is 0 Å². The molecule has 0 radical (unpaired) electrons. The Morgan fingerprint density at radius 1 is 1.22 bits per heavy atom. The summed E-state index contributed by atoms with van der Waals surface area (Å²) in [5.41, 5.74) is 2.90. The van der Waals surface area contributed by atoms with Gasteiger partial charge in [-0.2, -0.15) is 0 Å². The first kappa shape index (κ1) is 25.5. The van der Waals surface area contributed by atoms with Crippen molar-refractivity contribution in [2.45, 2.75) is 66.3 Å². The van der Waals surface area contributed by atoms with Gasteiger partial charge >= 0.3 is 0 Å². The molecule has 2 aromatic heterocycles. The van der Waals surface area contributed by atoms with Gasteiger partial charge in [-0.3, -0.25) is 9.59 Å². The van der Waals surface area contributed by atoms with Crippen molar-refractivity contribution in [1.29, 1.82) is 0 Å². The predicted molar refractivity (Wildman–Crippen MR) is 139 cm³/mol. The maximum Gasteiger partial charge on any atom is 0.260 e. The minimum Gasteiger partial charge on any atom is -0.496 e. The van der Waals surface area contributed by atoms with Crippen LogP contribution in [0, 0.1) is 18.3 Å². The summed E-state index contributed by atoms with van der Waals surface area (Å²) in [6, 6.07) is 9.41. The number of carbonyl (C=O) groups is 2. The summed E-state index contributed by atoms with van der Waals surface area (Å²) in [7, 11) is 1.56. The second-order valence-corrected chi connectivity index (χ2v) is 10.9. The minimum atomic E-state index is -0.336. The number of nitrogens with zero attached hydrogens (tertiary/aromatic N) is 4. The monoisotopic (exact) mass is 489 g/mol. The lowest BCUT2D eigenvalue weighted by molar-refractivity contribution is -0.126. The van der Waals surface area contributed by atoms with Crippen LogP contribution in [0.25, 0.3) is 11.5 Å². The summed E-state index contributed by atoms with van der Waals surface area (Å²) in [5.74, 6) is 2.13. The number of carbonyl (C=O) groups excluding carboxylic acids is 2. The fourth-order valence-electron chi connectivity index (χ4n) is 4.46. The van der Waals surface area contributed by atoms with Gasteiger partial charge in [0.2, 0.25) is 0 Å². The third-order valence-electron chi connectivity index (χ3n) is 6.79. The van der Waals surface area contributed by atoms with E-state index in [1.165, 1.54) is 0 Å². The van der Waals surface area contributed by atoms with Crippen molar-refractivity contribution in [3.05, 3.63) is 53.3 Å². The first-order chi connectivity index (χ1) is 17.0. The standard InChI is InChI=1S/C28H35N5O3/c1-16(2)33-15-29-32-26(33)22-9-8-10-25(30-22)31-27(35)21-14-19(17(3)11-23(21)36-7)20-12-18(20)13-24(34)28(4,5)6/h8-11,14-16,18,20H,12-13H2,1-7H3,(H,30,31,35). The Balaban J connectivity index is 1.56. The number of hydrogen-bond acceptors (Lipinski definition) is 6. The van der Waals surface area contributed by atoms with E-state index in [2.05, 4.69) is 20.5 Å². The fraction of sp³-hybridized carbons (Fsp3) is 0.464. The van der Waals surface area contributed by atoms with E-state index in [1.807, 2.05) is 70.4 Å². The SMILES string of the molecule is COc1cc(C)c(C2CC2CC(=O)C(C)(C)C)cc1C(=O)Nc1cccc(-c2nncn2C(C)C)n1. The van der Waals surface area contributed by atoms with Gasteiger partial charge in [0.15, 0.2) is 5.82 Å². The fourth-order valence-corrected chi connectivity index (χ4v) is 4.46. The second kappa shape index (κ2) is 9.84. The predicted octanol–water partition coefficient (Wildman–Crippen LogP) is 5.60. The number of aryl methyl sites for hydroxylation is 1. The number of Topliss-reactive ketones (excluding diaryl/α,β-unsaturated/α-hetero) is 1. The van der Waals surface area contributed by atoms with Crippen molar-refractivity contribution in [3.8, 4) is 17.3 Å². The molecule has 2 unspecified atom stereocenters. The summed E-state index contributed by atoms with van der Waals surface area (Å²) >= 11 is 0. The maximum atomic E-state index is 13.3. The number of nitrogens with one attached hydrogen (secondary N) is 1. The van der Waals surface area contributed by atoms with Crippen LogP contribution in [0.3, 0.4) is 0 Å². The van der Waals surface area contributed by atoms with Crippen LogP contribution in [0.2, 0.25) is 0 Å². The number of anilines is 1. The van der Waals surface area contributed by atoms with Gasteiger partial charge < -0.3 is 14.6 Å². The lowest BCUT2D eigenvalue weighted by atomic mass is 9.87. The number of methoxy groups -OCH3 is 1. The number of aromatic nitrogens is 4. The molecule has 8 nitrogen and oxygen atoms in total. The van der Waals surface area contributed by atoms with Crippen LogP contribution in [0.1, 0.15) is 80.9 Å². The van der Waals surface area contributed by atoms with Crippen molar-refractivity contribution in [3.63, 3.8) is 0 Å². The number of pyridine rings is 1. The molecular formula is C28H35N5O3. The highest BCUT2D eigenvalue weighted by Gasteiger charge is 2.42. The van der Waals surface area contributed by atoms with Crippen molar-refractivity contribution in [1.82, 2.24) is 19.7 Å². The molecule has 1 amide bonds. The molecule has 0 aliphatic heterocycles. The zero-order valence-electron chi connectivity index (χ0n) is 22.1. The first-order valence-corrected chi connectivity index (χ1v) is 12.4. The van der Waals surface area contributed by atoms with Gasteiger partial charge in [0, 0.05) is 17.9 Å². The Kier molecular flexibility index (Phi) is 6.98. The van der Waals surface area contributed by atoms with Crippen molar-refractivity contribution in [2.24, 2.45) is 11.3 Å². The topological polar surface area (TPSA) is 99.0 Å². The highest BCUT2D eigenvalue weighted by molar-refractivity contribution is 6.06. The molecule has 1 aliphatic rings. The highest BCUT2D eigenvalue weighted by atomic mass is 16.5. The van der Waals surface area contributed by atoms with Gasteiger partial charge in [0.25, 0.3) is 5.91 Å². The number of ether oxygens (including phenoxy) is 1. The quantitative estimate of drug-likeness (QED) is 0.442. The highest BCUT2D eigenvalue weighted by Crippen LogP contribution is 2.52. The number of hydrogen-bond donors (Lipinski definition) is 1. The average Bonchev–Trinajstić information content (AvgIpc) is 3.38. The Labute approximate surface area is 212 Å². The van der Waals surface area contributed by atoms with E-state index in [1.54, 1.807) is 19.5 Å². The Bertz CT molecular complexity index is 1290. The molecule has 190 valence electrons. The van der Waals surface area contributed by atoms with Crippen LogP contribution >= 0.6 is 0 Å². The number of ketones is 1. The molecular weight excluding hydrogens is 454 g/mol. The van der Waals surface area contributed by atoms with Crippen LogP contribution in [-0.2, 0) is 4.79 Å². The molecule has 0 bridgehead atoms.